The maximum atomic E-state index is 11.6. The summed E-state index contributed by atoms with van der Waals surface area (Å²) in [6.45, 7) is 2.67. The molecule has 7 aromatic rings. The van der Waals surface area contributed by atoms with Crippen LogP contribution in [0.15, 0.2) is 97.1 Å². The van der Waals surface area contributed by atoms with Crippen molar-refractivity contribution >= 4 is 68.6 Å². The molecule has 5 aromatic heterocycles. The van der Waals surface area contributed by atoms with E-state index in [2.05, 4.69) is 104 Å². The first kappa shape index (κ1) is 35.3. The molecule has 0 saturated carbocycles. The molecule has 2 aromatic carbocycles. The molecule has 0 amide bonds. The number of thiophene rings is 5. The lowest BCUT2D eigenvalue weighted by molar-refractivity contribution is -0.138. The SMILES string of the molecule is CCc1ccc(-c2ccc(-c3cc(CCC(=O)O)c(-c4ccc(-c5sc(-c6ccc(-c7ccc(CN)cc7)s6)cc5CCC(=O)O)s4)s3)s2)cc1. The molecular formula is C41H35NO4S5. The van der Waals surface area contributed by atoms with Gasteiger partial charge in [-0.05, 0) is 101 Å². The maximum Gasteiger partial charge on any atom is 0.303 e. The molecule has 0 aliphatic heterocycles. The van der Waals surface area contributed by atoms with Crippen molar-refractivity contribution in [1.29, 1.82) is 0 Å². The molecule has 5 nitrogen and oxygen atoms in total. The van der Waals surface area contributed by atoms with E-state index in [-0.39, 0.29) is 12.8 Å². The summed E-state index contributed by atoms with van der Waals surface area (Å²) in [7, 11) is 0. The van der Waals surface area contributed by atoms with E-state index >= 15 is 0 Å². The average Bonchev–Trinajstić information content (AvgIpc) is 3.98. The number of hydrogen-bond acceptors (Lipinski definition) is 8. The Kier molecular flexibility index (Phi) is 10.8. The van der Waals surface area contributed by atoms with Gasteiger partial charge < -0.3 is 15.9 Å². The molecule has 258 valence electrons. The van der Waals surface area contributed by atoms with E-state index in [9.17, 15) is 19.8 Å². The number of nitrogens with two attached hydrogens (primary N) is 1. The van der Waals surface area contributed by atoms with Gasteiger partial charge >= 0.3 is 11.9 Å². The van der Waals surface area contributed by atoms with Crippen molar-refractivity contribution in [3.8, 4) is 59.9 Å². The van der Waals surface area contributed by atoms with Gasteiger partial charge in [-0.25, -0.2) is 0 Å². The number of carbonyl (C=O) groups is 2. The van der Waals surface area contributed by atoms with E-state index in [1.807, 2.05) is 0 Å². The first-order valence-electron chi connectivity index (χ1n) is 16.7. The molecule has 0 aliphatic rings. The van der Waals surface area contributed by atoms with E-state index < -0.39 is 11.9 Å². The summed E-state index contributed by atoms with van der Waals surface area (Å²) >= 11 is 8.59. The molecule has 0 fully saturated rings. The highest BCUT2D eigenvalue weighted by Gasteiger charge is 2.20. The van der Waals surface area contributed by atoms with Crippen LogP contribution >= 0.6 is 56.7 Å². The third-order valence-electron chi connectivity index (χ3n) is 8.71. The van der Waals surface area contributed by atoms with Crippen LogP contribution in [0.5, 0.6) is 0 Å². The standard InChI is InChI=1S/C41H35NO4S5/c1-2-24-3-7-26(8-4-24)30-13-15-32(47-30)36-21-28(11-19-38(43)44)40(50-36)34-17-18-35(49-34)41-29(12-20-39(45)46)22-37(51-41)33-16-14-31(48-33)27-9-5-25(23-42)6-10-27/h3-10,13-18,21-22H,2,11-12,19-20,23,42H2,1H3,(H,43,44)(H,45,46). The number of carboxylic acids is 2. The molecule has 0 atom stereocenters. The highest BCUT2D eigenvalue weighted by Crippen LogP contribution is 2.49. The summed E-state index contributed by atoms with van der Waals surface area (Å²) in [5.74, 6) is -1.63. The van der Waals surface area contributed by atoms with Crippen molar-refractivity contribution in [2.45, 2.75) is 45.6 Å². The number of hydrogen-bond donors (Lipinski definition) is 3. The molecule has 4 N–H and O–H groups in total. The van der Waals surface area contributed by atoms with Crippen molar-refractivity contribution in [1.82, 2.24) is 0 Å². The Balaban J connectivity index is 1.21. The molecule has 0 aliphatic carbocycles. The Bertz CT molecular complexity index is 2140. The summed E-state index contributed by atoms with van der Waals surface area (Å²) in [6.07, 6.45) is 2.03. The van der Waals surface area contributed by atoms with Crippen LogP contribution in [0, 0.1) is 0 Å². The van der Waals surface area contributed by atoms with Crippen LogP contribution in [0.25, 0.3) is 59.9 Å². The fourth-order valence-corrected chi connectivity index (χ4v) is 11.8. The second-order valence-corrected chi connectivity index (χ2v) is 17.5. The monoisotopic (exact) mass is 765 g/mol. The highest BCUT2D eigenvalue weighted by atomic mass is 32.1. The molecule has 0 unspecified atom stereocenters. The third kappa shape index (κ3) is 8.02. The van der Waals surface area contributed by atoms with E-state index in [0.29, 0.717) is 19.4 Å². The lowest BCUT2D eigenvalue weighted by atomic mass is 10.1. The molecule has 0 bridgehead atoms. The lowest BCUT2D eigenvalue weighted by Gasteiger charge is -2.01. The van der Waals surface area contributed by atoms with Gasteiger partial charge in [0.25, 0.3) is 0 Å². The summed E-state index contributed by atoms with van der Waals surface area (Å²) in [5, 5.41) is 19.1. The molecule has 7 rings (SSSR count). The zero-order chi connectivity index (χ0) is 35.5. The Hall–Kier alpha value is -4.16. The van der Waals surface area contributed by atoms with Crippen molar-refractivity contribution in [3.05, 3.63) is 119 Å². The molecule has 51 heavy (non-hydrogen) atoms. The molecule has 0 radical (unpaired) electrons. The zero-order valence-corrected chi connectivity index (χ0v) is 31.9. The van der Waals surface area contributed by atoms with E-state index in [1.54, 1.807) is 56.7 Å². The van der Waals surface area contributed by atoms with Crippen LogP contribution < -0.4 is 5.73 Å². The van der Waals surface area contributed by atoms with Gasteiger partial charge in [-0.3, -0.25) is 9.59 Å². The van der Waals surface area contributed by atoms with Crippen LogP contribution in [0.4, 0.5) is 0 Å². The first-order valence-corrected chi connectivity index (χ1v) is 20.7. The van der Waals surface area contributed by atoms with E-state index in [1.165, 1.54) is 25.8 Å². The molecular weight excluding hydrogens is 731 g/mol. The Morgan fingerprint density at radius 2 is 0.902 bits per heavy atom. The Morgan fingerprint density at radius 1 is 0.510 bits per heavy atom. The number of rotatable bonds is 14. The molecule has 0 spiro atoms. The lowest BCUT2D eigenvalue weighted by Crippen LogP contribution is -1.97. The van der Waals surface area contributed by atoms with Crippen molar-refractivity contribution in [3.63, 3.8) is 0 Å². The van der Waals surface area contributed by atoms with Gasteiger partial charge in [-0.2, -0.15) is 0 Å². The minimum Gasteiger partial charge on any atom is -0.481 e. The van der Waals surface area contributed by atoms with Gasteiger partial charge in [-0.15, -0.1) is 56.7 Å². The predicted molar refractivity (Wildman–Crippen MR) is 218 cm³/mol. The summed E-state index contributed by atoms with van der Waals surface area (Å²) < 4.78 is 0. The Morgan fingerprint density at radius 3 is 1.31 bits per heavy atom. The fraction of sp³-hybridized carbons (Fsp3) is 0.171. The normalized spacial score (nSPS) is 11.3. The predicted octanol–water partition coefficient (Wildman–Crippen LogP) is 12.1. The van der Waals surface area contributed by atoms with Gasteiger partial charge in [0.15, 0.2) is 0 Å². The van der Waals surface area contributed by atoms with Gasteiger partial charge in [-0.1, -0.05) is 55.5 Å². The van der Waals surface area contributed by atoms with Crippen LogP contribution in [0.2, 0.25) is 0 Å². The maximum absolute atomic E-state index is 11.6. The molecule has 5 heterocycles. The second-order valence-electron chi connectivity index (χ2n) is 12.2. The topological polar surface area (TPSA) is 101 Å². The van der Waals surface area contributed by atoms with Gasteiger partial charge in [0.2, 0.25) is 0 Å². The average molecular weight is 766 g/mol. The van der Waals surface area contributed by atoms with E-state index in [0.717, 1.165) is 62.8 Å². The number of aliphatic carboxylic acids is 2. The second kappa shape index (κ2) is 15.6. The van der Waals surface area contributed by atoms with Gasteiger partial charge in [0.1, 0.15) is 0 Å². The quantitative estimate of drug-likeness (QED) is 0.102. The van der Waals surface area contributed by atoms with Crippen molar-refractivity contribution in [2.24, 2.45) is 5.73 Å². The molecule has 0 saturated heterocycles. The van der Waals surface area contributed by atoms with Crippen LogP contribution in [0.1, 0.15) is 42.0 Å². The highest BCUT2D eigenvalue weighted by molar-refractivity contribution is 7.30. The minimum atomic E-state index is -0.816. The van der Waals surface area contributed by atoms with Gasteiger partial charge in [0.05, 0.1) is 0 Å². The zero-order valence-electron chi connectivity index (χ0n) is 27.8. The van der Waals surface area contributed by atoms with E-state index in [4.69, 9.17) is 5.73 Å². The fourth-order valence-electron chi connectivity index (χ4n) is 5.91. The first-order chi connectivity index (χ1) is 24.8. The number of carboxylic acid groups (broad SMARTS) is 2. The van der Waals surface area contributed by atoms with Crippen molar-refractivity contribution < 1.29 is 19.8 Å². The largest absolute Gasteiger partial charge is 0.481 e. The van der Waals surface area contributed by atoms with Crippen LogP contribution in [-0.2, 0) is 35.4 Å². The summed E-state index contributed by atoms with van der Waals surface area (Å²) in [6, 6.07) is 34.2. The summed E-state index contributed by atoms with van der Waals surface area (Å²) in [4.78, 5) is 34.6. The van der Waals surface area contributed by atoms with Crippen LogP contribution in [-0.4, -0.2) is 22.2 Å². The summed E-state index contributed by atoms with van der Waals surface area (Å²) in [5.41, 5.74) is 12.6. The van der Waals surface area contributed by atoms with Gasteiger partial charge in [0, 0.05) is 68.2 Å². The number of aryl methyl sites for hydroxylation is 3. The third-order valence-corrected chi connectivity index (χ3v) is 15.2. The van der Waals surface area contributed by atoms with Crippen molar-refractivity contribution in [2.75, 3.05) is 0 Å². The molecule has 10 heteroatoms. The van der Waals surface area contributed by atoms with Crippen LogP contribution in [0.3, 0.4) is 0 Å². The number of benzene rings is 2. The minimum absolute atomic E-state index is 0.0593. The Labute approximate surface area is 317 Å². The smallest absolute Gasteiger partial charge is 0.303 e.